The molecule has 0 aliphatic carbocycles. The summed E-state index contributed by atoms with van der Waals surface area (Å²) in [4.78, 5) is 16.3. The molecule has 0 aliphatic rings. The van der Waals surface area contributed by atoms with Crippen molar-refractivity contribution in [2.45, 2.75) is 32.7 Å². The predicted octanol–water partition coefficient (Wildman–Crippen LogP) is 2.04. The lowest BCUT2D eigenvalue weighted by molar-refractivity contribution is 0.0948. The van der Waals surface area contributed by atoms with Crippen LogP contribution in [0.25, 0.3) is 0 Å². The van der Waals surface area contributed by atoms with Crippen LogP contribution in [0.1, 0.15) is 34.7 Å². The highest BCUT2D eigenvalue weighted by atomic mass is 16.5. The van der Waals surface area contributed by atoms with E-state index in [1.54, 1.807) is 10.7 Å². The summed E-state index contributed by atoms with van der Waals surface area (Å²) in [5, 5.41) is 11.0. The third-order valence-corrected chi connectivity index (χ3v) is 3.79. The van der Waals surface area contributed by atoms with Crippen molar-refractivity contribution in [3.63, 3.8) is 0 Å². The van der Waals surface area contributed by atoms with E-state index in [1.165, 1.54) is 5.56 Å². The first-order valence-electron chi connectivity index (χ1n) is 8.41. The van der Waals surface area contributed by atoms with Crippen molar-refractivity contribution in [1.29, 1.82) is 0 Å². The van der Waals surface area contributed by atoms with Gasteiger partial charge in [-0.3, -0.25) is 9.48 Å². The smallest absolute Gasteiger partial charge is 0.271 e. The van der Waals surface area contributed by atoms with Gasteiger partial charge in [0.1, 0.15) is 5.69 Å². The fraction of sp³-hybridized carbons (Fsp3) is 0.333. The Morgan fingerprint density at radius 3 is 2.80 bits per heavy atom. The largest absolute Gasteiger partial charge is 0.350 e. The van der Waals surface area contributed by atoms with E-state index in [2.05, 4.69) is 32.7 Å². The third-order valence-electron chi connectivity index (χ3n) is 3.79. The van der Waals surface area contributed by atoms with Gasteiger partial charge in [0.25, 0.3) is 5.91 Å². The second-order valence-electron chi connectivity index (χ2n) is 5.66. The molecule has 1 amide bonds. The molecule has 1 aromatic carbocycles. The SMILES string of the molecule is CCc1nc(CCNC(=O)c2ccn(CCc3ccccc3)n2)no1. The van der Waals surface area contributed by atoms with E-state index in [4.69, 9.17) is 4.52 Å². The molecular weight excluding hydrogens is 318 g/mol. The molecule has 0 bridgehead atoms. The summed E-state index contributed by atoms with van der Waals surface area (Å²) in [6, 6.07) is 11.9. The monoisotopic (exact) mass is 339 g/mol. The van der Waals surface area contributed by atoms with Gasteiger partial charge in [0.15, 0.2) is 5.82 Å². The first kappa shape index (κ1) is 16.9. The molecule has 2 aromatic heterocycles. The number of carbonyl (C=O) groups excluding carboxylic acids is 1. The molecule has 7 heteroatoms. The number of amides is 1. The molecule has 130 valence electrons. The van der Waals surface area contributed by atoms with E-state index in [1.807, 2.05) is 31.3 Å². The van der Waals surface area contributed by atoms with Crippen molar-refractivity contribution in [2.75, 3.05) is 6.54 Å². The van der Waals surface area contributed by atoms with Gasteiger partial charge in [-0.2, -0.15) is 10.1 Å². The molecule has 0 saturated carbocycles. The predicted molar refractivity (Wildman–Crippen MR) is 92.1 cm³/mol. The molecule has 0 saturated heterocycles. The molecule has 0 spiro atoms. The van der Waals surface area contributed by atoms with Crippen LogP contribution in [-0.4, -0.2) is 32.4 Å². The number of rotatable bonds is 8. The summed E-state index contributed by atoms with van der Waals surface area (Å²) in [6.07, 6.45) is 3.94. The van der Waals surface area contributed by atoms with Crippen molar-refractivity contribution in [2.24, 2.45) is 0 Å². The van der Waals surface area contributed by atoms with Crippen LogP contribution in [0.4, 0.5) is 0 Å². The lowest BCUT2D eigenvalue weighted by Gasteiger charge is -2.02. The molecule has 3 aromatic rings. The molecule has 0 atom stereocenters. The maximum atomic E-state index is 12.1. The van der Waals surface area contributed by atoms with Gasteiger partial charge in [0.2, 0.25) is 5.89 Å². The molecule has 25 heavy (non-hydrogen) atoms. The van der Waals surface area contributed by atoms with E-state index < -0.39 is 0 Å². The van der Waals surface area contributed by atoms with Gasteiger partial charge in [-0.15, -0.1) is 0 Å². The van der Waals surface area contributed by atoms with Gasteiger partial charge in [0, 0.05) is 32.1 Å². The Bertz CT molecular complexity index is 810. The second-order valence-corrected chi connectivity index (χ2v) is 5.66. The minimum Gasteiger partial charge on any atom is -0.350 e. The van der Waals surface area contributed by atoms with Crippen molar-refractivity contribution >= 4 is 5.91 Å². The molecule has 1 N–H and O–H groups in total. The zero-order valence-electron chi connectivity index (χ0n) is 14.2. The van der Waals surface area contributed by atoms with Gasteiger partial charge in [-0.1, -0.05) is 42.4 Å². The number of benzene rings is 1. The van der Waals surface area contributed by atoms with Crippen LogP contribution in [0.2, 0.25) is 0 Å². The van der Waals surface area contributed by atoms with Crippen molar-refractivity contribution in [3.8, 4) is 0 Å². The van der Waals surface area contributed by atoms with Gasteiger partial charge in [-0.05, 0) is 18.1 Å². The normalized spacial score (nSPS) is 10.8. The zero-order valence-corrected chi connectivity index (χ0v) is 14.2. The first-order valence-corrected chi connectivity index (χ1v) is 8.41. The Balaban J connectivity index is 1.45. The number of aromatic nitrogens is 4. The van der Waals surface area contributed by atoms with Crippen LogP contribution >= 0.6 is 0 Å². The summed E-state index contributed by atoms with van der Waals surface area (Å²) in [7, 11) is 0. The van der Waals surface area contributed by atoms with Crippen LogP contribution in [0, 0.1) is 0 Å². The van der Waals surface area contributed by atoms with E-state index >= 15 is 0 Å². The Kier molecular flexibility index (Phi) is 5.56. The lowest BCUT2D eigenvalue weighted by atomic mass is 10.2. The maximum absolute atomic E-state index is 12.1. The van der Waals surface area contributed by atoms with Crippen LogP contribution in [0.3, 0.4) is 0 Å². The number of hydrogen-bond donors (Lipinski definition) is 1. The van der Waals surface area contributed by atoms with Gasteiger partial charge < -0.3 is 9.84 Å². The number of aryl methyl sites for hydroxylation is 3. The summed E-state index contributed by atoms with van der Waals surface area (Å²) in [5.41, 5.74) is 1.66. The highest BCUT2D eigenvalue weighted by molar-refractivity contribution is 5.92. The molecule has 3 rings (SSSR count). The summed E-state index contributed by atoms with van der Waals surface area (Å²) >= 11 is 0. The average Bonchev–Trinajstić information content (AvgIpc) is 3.30. The quantitative estimate of drug-likeness (QED) is 0.679. The summed E-state index contributed by atoms with van der Waals surface area (Å²) in [6.45, 7) is 3.13. The topological polar surface area (TPSA) is 85.8 Å². The Labute approximate surface area is 146 Å². The van der Waals surface area contributed by atoms with E-state index in [0.717, 1.165) is 13.0 Å². The number of nitrogens with one attached hydrogen (secondary N) is 1. The minimum absolute atomic E-state index is 0.197. The van der Waals surface area contributed by atoms with Gasteiger partial charge in [0.05, 0.1) is 0 Å². The zero-order chi connectivity index (χ0) is 17.5. The van der Waals surface area contributed by atoms with Gasteiger partial charge >= 0.3 is 0 Å². The Morgan fingerprint density at radius 2 is 2.04 bits per heavy atom. The molecular formula is C18H21N5O2. The molecule has 0 radical (unpaired) electrons. The molecule has 0 fully saturated rings. The highest BCUT2D eigenvalue weighted by Gasteiger charge is 2.10. The van der Waals surface area contributed by atoms with E-state index in [-0.39, 0.29) is 5.91 Å². The molecule has 2 heterocycles. The average molecular weight is 339 g/mol. The van der Waals surface area contributed by atoms with Crippen molar-refractivity contribution in [3.05, 3.63) is 65.6 Å². The van der Waals surface area contributed by atoms with Gasteiger partial charge in [-0.25, -0.2) is 0 Å². The second kappa shape index (κ2) is 8.23. The van der Waals surface area contributed by atoms with Crippen LogP contribution in [0.15, 0.2) is 47.1 Å². The molecule has 0 unspecified atom stereocenters. The van der Waals surface area contributed by atoms with Crippen LogP contribution in [-0.2, 0) is 25.8 Å². The fourth-order valence-corrected chi connectivity index (χ4v) is 2.41. The lowest BCUT2D eigenvalue weighted by Crippen LogP contribution is -2.26. The number of carbonyl (C=O) groups is 1. The standard InChI is InChI=1S/C18H21N5O2/c1-2-17-20-16(22-25-17)8-11-19-18(24)15-10-13-23(21-15)12-9-14-6-4-3-5-7-14/h3-7,10,13H,2,8-9,11-12H2,1H3,(H,19,24). The number of hydrogen-bond acceptors (Lipinski definition) is 5. The minimum atomic E-state index is -0.197. The Hall–Kier alpha value is -2.96. The van der Waals surface area contributed by atoms with Crippen LogP contribution < -0.4 is 5.32 Å². The van der Waals surface area contributed by atoms with Crippen LogP contribution in [0.5, 0.6) is 0 Å². The Morgan fingerprint density at radius 1 is 1.20 bits per heavy atom. The maximum Gasteiger partial charge on any atom is 0.271 e. The summed E-state index contributed by atoms with van der Waals surface area (Å²) in [5.74, 6) is 1.02. The summed E-state index contributed by atoms with van der Waals surface area (Å²) < 4.78 is 6.82. The fourth-order valence-electron chi connectivity index (χ4n) is 2.41. The third kappa shape index (κ3) is 4.76. The number of nitrogens with zero attached hydrogens (tertiary/aromatic N) is 4. The van der Waals surface area contributed by atoms with Crippen molar-refractivity contribution in [1.82, 2.24) is 25.2 Å². The van der Waals surface area contributed by atoms with E-state index in [9.17, 15) is 4.79 Å². The van der Waals surface area contributed by atoms with E-state index in [0.29, 0.717) is 36.8 Å². The molecule has 7 nitrogen and oxygen atoms in total. The first-order chi connectivity index (χ1) is 12.2. The highest BCUT2D eigenvalue weighted by Crippen LogP contribution is 2.03. The molecule has 0 aliphatic heterocycles. The van der Waals surface area contributed by atoms with Crippen molar-refractivity contribution < 1.29 is 9.32 Å².